The van der Waals surface area contributed by atoms with E-state index in [1.54, 1.807) is 0 Å². The molecule has 1 aliphatic rings. The molecule has 1 aromatic heterocycles. The molecule has 0 radical (unpaired) electrons. The fourth-order valence-electron chi connectivity index (χ4n) is 2.39. The van der Waals surface area contributed by atoms with E-state index in [1.165, 1.54) is 11.1 Å². The summed E-state index contributed by atoms with van der Waals surface area (Å²) in [6.07, 6.45) is 3.85. The highest BCUT2D eigenvalue weighted by Crippen LogP contribution is 2.22. The van der Waals surface area contributed by atoms with Gasteiger partial charge in [-0.1, -0.05) is 24.3 Å². The minimum atomic E-state index is 0.832. The normalized spacial score (nSPS) is 15.5. The highest BCUT2D eigenvalue weighted by atomic mass is 15.3. The van der Waals surface area contributed by atoms with Gasteiger partial charge >= 0.3 is 0 Å². The van der Waals surface area contributed by atoms with Crippen molar-refractivity contribution >= 4 is 5.95 Å². The first-order valence-electron chi connectivity index (χ1n) is 6.68. The first-order valence-corrected chi connectivity index (χ1v) is 6.68. The Bertz CT molecular complexity index is 544. The molecule has 1 N–H and O–H groups in total. The number of hydrogen-bond donors (Lipinski definition) is 1. The van der Waals surface area contributed by atoms with Crippen molar-refractivity contribution < 1.29 is 0 Å². The van der Waals surface area contributed by atoms with Crippen LogP contribution in [0.4, 0.5) is 5.95 Å². The molecule has 19 heavy (non-hydrogen) atoms. The van der Waals surface area contributed by atoms with Crippen LogP contribution < -0.4 is 10.2 Å². The maximum absolute atomic E-state index is 4.51. The van der Waals surface area contributed by atoms with E-state index in [-0.39, 0.29) is 0 Å². The van der Waals surface area contributed by atoms with Gasteiger partial charge in [0, 0.05) is 44.1 Å². The summed E-state index contributed by atoms with van der Waals surface area (Å²) in [7, 11) is 0. The fraction of sp³-hybridized carbons (Fsp3) is 0.333. The van der Waals surface area contributed by atoms with Crippen molar-refractivity contribution in [3.63, 3.8) is 0 Å². The summed E-state index contributed by atoms with van der Waals surface area (Å²) in [6, 6.07) is 8.32. The van der Waals surface area contributed by atoms with Crippen molar-refractivity contribution in [2.24, 2.45) is 0 Å². The minimum absolute atomic E-state index is 0.832. The summed E-state index contributed by atoms with van der Waals surface area (Å²) in [5, 5.41) is 3.33. The first kappa shape index (κ1) is 12.1. The summed E-state index contributed by atoms with van der Waals surface area (Å²) in [6.45, 7) is 6.07. The molecule has 0 aliphatic carbocycles. The second-order valence-corrected chi connectivity index (χ2v) is 4.82. The van der Waals surface area contributed by atoms with E-state index >= 15 is 0 Å². The SMILES string of the molecule is Cc1ccccc1-c1cnc(N2CCNCC2)nc1. The van der Waals surface area contributed by atoms with Crippen LogP contribution in [0.15, 0.2) is 36.7 Å². The first-order chi connectivity index (χ1) is 9.34. The van der Waals surface area contributed by atoms with E-state index < -0.39 is 0 Å². The minimum Gasteiger partial charge on any atom is -0.338 e. The van der Waals surface area contributed by atoms with E-state index in [1.807, 2.05) is 18.5 Å². The van der Waals surface area contributed by atoms with E-state index in [0.717, 1.165) is 37.7 Å². The summed E-state index contributed by atoms with van der Waals surface area (Å²) in [4.78, 5) is 11.2. The second-order valence-electron chi connectivity index (χ2n) is 4.82. The molecule has 2 aromatic rings. The average molecular weight is 254 g/mol. The number of hydrogen-bond acceptors (Lipinski definition) is 4. The molecule has 1 aromatic carbocycles. The van der Waals surface area contributed by atoms with Crippen LogP contribution in [0.25, 0.3) is 11.1 Å². The molecule has 4 heteroatoms. The molecule has 3 rings (SSSR count). The Morgan fingerprint density at radius 2 is 1.74 bits per heavy atom. The standard InChI is InChI=1S/C15H18N4/c1-12-4-2-3-5-14(12)13-10-17-15(18-11-13)19-8-6-16-7-9-19/h2-5,10-11,16H,6-9H2,1H3. The smallest absolute Gasteiger partial charge is 0.225 e. The molecule has 1 saturated heterocycles. The van der Waals surface area contributed by atoms with E-state index in [0.29, 0.717) is 0 Å². The summed E-state index contributed by atoms with van der Waals surface area (Å²) >= 11 is 0. The highest BCUT2D eigenvalue weighted by Gasteiger charge is 2.12. The molecule has 1 aliphatic heterocycles. The number of nitrogens with zero attached hydrogens (tertiary/aromatic N) is 3. The third-order valence-electron chi connectivity index (χ3n) is 3.49. The Morgan fingerprint density at radius 3 is 2.42 bits per heavy atom. The lowest BCUT2D eigenvalue weighted by atomic mass is 10.0. The number of piperazine rings is 1. The van der Waals surface area contributed by atoms with Gasteiger partial charge in [-0.15, -0.1) is 0 Å². The third kappa shape index (κ3) is 2.58. The van der Waals surface area contributed by atoms with Crippen molar-refractivity contribution in [1.82, 2.24) is 15.3 Å². The van der Waals surface area contributed by atoms with Gasteiger partial charge in [0.25, 0.3) is 0 Å². The van der Waals surface area contributed by atoms with Gasteiger partial charge in [0.15, 0.2) is 0 Å². The lowest BCUT2D eigenvalue weighted by molar-refractivity contribution is 0.580. The van der Waals surface area contributed by atoms with Gasteiger partial charge in [-0.05, 0) is 18.1 Å². The van der Waals surface area contributed by atoms with Crippen LogP contribution in [-0.4, -0.2) is 36.1 Å². The van der Waals surface area contributed by atoms with Crippen LogP contribution in [0.5, 0.6) is 0 Å². The molecule has 4 nitrogen and oxygen atoms in total. The molecule has 98 valence electrons. The number of nitrogens with one attached hydrogen (secondary N) is 1. The number of rotatable bonds is 2. The van der Waals surface area contributed by atoms with Crippen LogP contribution in [0.3, 0.4) is 0 Å². The summed E-state index contributed by atoms with van der Waals surface area (Å²) in [5.41, 5.74) is 3.53. The largest absolute Gasteiger partial charge is 0.338 e. The molecule has 0 atom stereocenters. The molecule has 2 heterocycles. The lowest BCUT2D eigenvalue weighted by Gasteiger charge is -2.27. The summed E-state index contributed by atoms with van der Waals surface area (Å²) < 4.78 is 0. The predicted octanol–water partition coefficient (Wildman–Crippen LogP) is 1.86. The fourth-order valence-corrected chi connectivity index (χ4v) is 2.39. The zero-order chi connectivity index (χ0) is 13.1. The number of benzene rings is 1. The molecule has 0 amide bonds. The van der Waals surface area contributed by atoms with Crippen LogP contribution in [0, 0.1) is 6.92 Å². The predicted molar refractivity (Wildman–Crippen MR) is 77.3 cm³/mol. The van der Waals surface area contributed by atoms with Gasteiger partial charge in [0.2, 0.25) is 5.95 Å². The van der Waals surface area contributed by atoms with Crippen LogP contribution in [0.2, 0.25) is 0 Å². The third-order valence-corrected chi connectivity index (χ3v) is 3.49. The maximum atomic E-state index is 4.51. The Kier molecular flexibility index (Phi) is 3.42. The average Bonchev–Trinajstić information content (AvgIpc) is 2.49. The zero-order valence-corrected chi connectivity index (χ0v) is 11.1. The quantitative estimate of drug-likeness (QED) is 0.888. The topological polar surface area (TPSA) is 41.1 Å². The summed E-state index contributed by atoms with van der Waals surface area (Å²) in [5.74, 6) is 0.832. The van der Waals surface area contributed by atoms with Gasteiger partial charge in [0.05, 0.1) is 0 Å². The molecule has 1 fully saturated rings. The molecule has 0 spiro atoms. The van der Waals surface area contributed by atoms with Crippen LogP contribution in [-0.2, 0) is 0 Å². The molecule has 0 unspecified atom stereocenters. The Balaban J connectivity index is 1.84. The molecular formula is C15H18N4. The van der Waals surface area contributed by atoms with Crippen molar-refractivity contribution in [1.29, 1.82) is 0 Å². The number of aromatic nitrogens is 2. The second kappa shape index (κ2) is 5.36. The van der Waals surface area contributed by atoms with Gasteiger partial charge < -0.3 is 10.2 Å². The molecule has 0 bridgehead atoms. The van der Waals surface area contributed by atoms with E-state index in [9.17, 15) is 0 Å². The Morgan fingerprint density at radius 1 is 1.05 bits per heavy atom. The van der Waals surface area contributed by atoms with Gasteiger partial charge in [-0.3, -0.25) is 0 Å². The number of aryl methyl sites for hydroxylation is 1. The highest BCUT2D eigenvalue weighted by molar-refractivity contribution is 5.65. The molecule has 0 saturated carbocycles. The van der Waals surface area contributed by atoms with Crippen LogP contribution >= 0.6 is 0 Å². The molecular weight excluding hydrogens is 236 g/mol. The van der Waals surface area contributed by atoms with Crippen molar-refractivity contribution in [2.45, 2.75) is 6.92 Å². The Hall–Kier alpha value is -1.94. The van der Waals surface area contributed by atoms with E-state index in [2.05, 4.69) is 45.3 Å². The van der Waals surface area contributed by atoms with Crippen molar-refractivity contribution in [2.75, 3.05) is 31.1 Å². The maximum Gasteiger partial charge on any atom is 0.225 e. The van der Waals surface area contributed by atoms with Crippen molar-refractivity contribution in [3.05, 3.63) is 42.2 Å². The lowest BCUT2D eigenvalue weighted by Crippen LogP contribution is -2.44. The monoisotopic (exact) mass is 254 g/mol. The van der Waals surface area contributed by atoms with Gasteiger partial charge in [-0.25, -0.2) is 9.97 Å². The van der Waals surface area contributed by atoms with Gasteiger partial charge in [0.1, 0.15) is 0 Å². The van der Waals surface area contributed by atoms with Gasteiger partial charge in [-0.2, -0.15) is 0 Å². The van der Waals surface area contributed by atoms with Crippen LogP contribution in [0.1, 0.15) is 5.56 Å². The van der Waals surface area contributed by atoms with E-state index in [4.69, 9.17) is 0 Å². The Labute approximate surface area is 113 Å². The number of anilines is 1. The van der Waals surface area contributed by atoms with Crippen molar-refractivity contribution in [3.8, 4) is 11.1 Å². The zero-order valence-electron chi connectivity index (χ0n) is 11.1.